The van der Waals surface area contributed by atoms with Crippen molar-refractivity contribution < 1.29 is 4.74 Å². The van der Waals surface area contributed by atoms with E-state index < -0.39 is 0 Å². The summed E-state index contributed by atoms with van der Waals surface area (Å²) in [7, 11) is 0. The van der Waals surface area contributed by atoms with E-state index in [0.29, 0.717) is 17.2 Å². The van der Waals surface area contributed by atoms with Gasteiger partial charge in [0.25, 0.3) is 0 Å². The molecule has 0 aliphatic heterocycles. The molecular formula is C15H13N3O. The number of pyridine rings is 2. The number of hydrogen-bond acceptors (Lipinski definition) is 4. The number of nitrogens with two attached hydrogens (primary N) is 1. The van der Waals surface area contributed by atoms with E-state index in [1.165, 1.54) is 0 Å². The number of aromatic nitrogens is 2. The molecule has 0 saturated carbocycles. The molecule has 0 spiro atoms. The quantitative estimate of drug-likeness (QED) is 0.710. The van der Waals surface area contributed by atoms with Crippen molar-refractivity contribution in [2.24, 2.45) is 0 Å². The lowest BCUT2D eigenvalue weighted by Gasteiger charge is -2.11. The number of rotatable bonds is 2. The van der Waals surface area contributed by atoms with Crippen LogP contribution >= 0.6 is 0 Å². The number of nitrogen functional groups attached to an aromatic ring is 1. The molecule has 0 fully saturated rings. The monoisotopic (exact) mass is 251 g/mol. The number of benzene rings is 1. The van der Waals surface area contributed by atoms with Gasteiger partial charge in [-0.3, -0.25) is 9.97 Å². The van der Waals surface area contributed by atoms with E-state index in [4.69, 9.17) is 10.5 Å². The lowest BCUT2D eigenvalue weighted by molar-refractivity contribution is 0.478. The Balaban J connectivity index is 2.07. The van der Waals surface area contributed by atoms with E-state index in [2.05, 4.69) is 9.97 Å². The molecule has 3 rings (SSSR count). The highest BCUT2D eigenvalue weighted by molar-refractivity contribution is 5.93. The highest BCUT2D eigenvalue weighted by atomic mass is 16.5. The lowest BCUT2D eigenvalue weighted by Crippen LogP contribution is -1.96. The van der Waals surface area contributed by atoms with E-state index in [1.54, 1.807) is 12.4 Å². The van der Waals surface area contributed by atoms with Gasteiger partial charge in [-0.05, 0) is 43.3 Å². The molecule has 2 aromatic heterocycles. The van der Waals surface area contributed by atoms with Gasteiger partial charge in [0.15, 0.2) is 5.75 Å². The van der Waals surface area contributed by atoms with Crippen LogP contribution in [0.15, 0.2) is 48.8 Å². The van der Waals surface area contributed by atoms with Gasteiger partial charge in [-0.1, -0.05) is 0 Å². The third kappa shape index (κ3) is 2.08. The summed E-state index contributed by atoms with van der Waals surface area (Å²) < 4.78 is 5.83. The first-order valence-corrected chi connectivity index (χ1v) is 5.98. The minimum absolute atomic E-state index is 0.592. The van der Waals surface area contributed by atoms with Crippen molar-refractivity contribution in [3.63, 3.8) is 0 Å². The minimum Gasteiger partial charge on any atom is -0.453 e. The third-order valence-corrected chi connectivity index (χ3v) is 2.97. The van der Waals surface area contributed by atoms with Crippen molar-refractivity contribution in [2.45, 2.75) is 6.92 Å². The van der Waals surface area contributed by atoms with Crippen LogP contribution < -0.4 is 10.5 Å². The summed E-state index contributed by atoms with van der Waals surface area (Å²) in [5.41, 5.74) is 8.41. The third-order valence-electron chi connectivity index (χ3n) is 2.97. The number of anilines is 1. The van der Waals surface area contributed by atoms with Crippen molar-refractivity contribution >= 4 is 16.6 Å². The molecule has 4 nitrogen and oxygen atoms in total. The van der Waals surface area contributed by atoms with Gasteiger partial charge in [-0.15, -0.1) is 0 Å². The van der Waals surface area contributed by atoms with Crippen LogP contribution in [0.1, 0.15) is 5.69 Å². The molecule has 94 valence electrons. The Labute approximate surface area is 110 Å². The summed E-state index contributed by atoms with van der Waals surface area (Å²) in [5, 5.41) is 0.890. The van der Waals surface area contributed by atoms with Crippen molar-refractivity contribution in [1.29, 1.82) is 0 Å². The second-order valence-electron chi connectivity index (χ2n) is 4.24. The van der Waals surface area contributed by atoms with Crippen molar-refractivity contribution in [3.8, 4) is 11.5 Å². The van der Waals surface area contributed by atoms with E-state index >= 15 is 0 Å². The number of hydrogen-bond donors (Lipinski definition) is 1. The van der Waals surface area contributed by atoms with Gasteiger partial charge in [0, 0.05) is 17.8 Å². The molecule has 2 N–H and O–H groups in total. The molecular weight excluding hydrogens is 238 g/mol. The molecule has 0 radical (unpaired) electrons. The average molecular weight is 251 g/mol. The maximum absolute atomic E-state index is 6.13. The van der Waals surface area contributed by atoms with Crippen LogP contribution in [0.3, 0.4) is 0 Å². The fourth-order valence-corrected chi connectivity index (χ4v) is 1.94. The van der Waals surface area contributed by atoms with Crippen LogP contribution in [-0.2, 0) is 0 Å². The molecule has 3 aromatic rings. The van der Waals surface area contributed by atoms with Crippen molar-refractivity contribution in [1.82, 2.24) is 9.97 Å². The first-order valence-electron chi connectivity index (χ1n) is 5.98. The van der Waals surface area contributed by atoms with Crippen molar-refractivity contribution in [3.05, 3.63) is 54.5 Å². The van der Waals surface area contributed by atoms with Crippen LogP contribution in [-0.4, -0.2) is 9.97 Å². The van der Waals surface area contributed by atoms with Crippen LogP contribution in [0.5, 0.6) is 11.5 Å². The molecule has 0 unspecified atom stereocenters. The van der Waals surface area contributed by atoms with Gasteiger partial charge in [0.1, 0.15) is 5.75 Å². The summed E-state index contributed by atoms with van der Waals surface area (Å²) in [4.78, 5) is 8.45. The Morgan fingerprint density at radius 1 is 0.947 bits per heavy atom. The Kier molecular flexibility index (Phi) is 2.76. The average Bonchev–Trinajstić information content (AvgIpc) is 2.44. The van der Waals surface area contributed by atoms with Crippen LogP contribution in [0.2, 0.25) is 0 Å². The molecule has 2 heterocycles. The van der Waals surface area contributed by atoms with Crippen LogP contribution in [0, 0.1) is 6.92 Å². The van der Waals surface area contributed by atoms with E-state index in [0.717, 1.165) is 16.6 Å². The second kappa shape index (κ2) is 4.57. The molecule has 4 heteroatoms. The van der Waals surface area contributed by atoms with E-state index in [-0.39, 0.29) is 0 Å². The predicted octanol–water partition coefficient (Wildman–Crippen LogP) is 3.31. The molecule has 19 heavy (non-hydrogen) atoms. The number of nitrogens with zero attached hydrogens (tertiary/aromatic N) is 2. The van der Waals surface area contributed by atoms with Gasteiger partial charge in [-0.2, -0.15) is 0 Å². The maximum Gasteiger partial charge on any atom is 0.151 e. The molecule has 0 saturated heterocycles. The zero-order valence-corrected chi connectivity index (χ0v) is 10.5. The van der Waals surface area contributed by atoms with Gasteiger partial charge in [-0.25, -0.2) is 0 Å². The smallest absolute Gasteiger partial charge is 0.151 e. The fraction of sp³-hybridized carbons (Fsp3) is 0.0667. The Morgan fingerprint density at radius 3 is 2.58 bits per heavy atom. The molecule has 1 aromatic carbocycles. The first-order chi connectivity index (χ1) is 9.25. The number of ether oxygens (including phenoxy) is 1. The zero-order chi connectivity index (χ0) is 13.2. The summed E-state index contributed by atoms with van der Waals surface area (Å²) >= 11 is 0. The molecule has 0 aliphatic carbocycles. The second-order valence-corrected chi connectivity index (χ2v) is 4.24. The SMILES string of the molecule is Cc1ncccc1Oc1ccc2ncccc2c1N. The highest BCUT2D eigenvalue weighted by Gasteiger charge is 2.08. The Hall–Kier alpha value is -2.62. The number of fused-ring (bicyclic) bond motifs is 1. The predicted molar refractivity (Wildman–Crippen MR) is 75.2 cm³/mol. The van der Waals surface area contributed by atoms with E-state index in [1.807, 2.05) is 43.3 Å². The summed E-state index contributed by atoms with van der Waals surface area (Å²) in [5.74, 6) is 1.33. The van der Waals surface area contributed by atoms with Gasteiger partial charge >= 0.3 is 0 Å². The molecule has 0 aliphatic rings. The van der Waals surface area contributed by atoms with Crippen molar-refractivity contribution in [2.75, 3.05) is 5.73 Å². The summed E-state index contributed by atoms with van der Waals surface area (Å²) in [6, 6.07) is 11.2. The topological polar surface area (TPSA) is 61.0 Å². The van der Waals surface area contributed by atoms with Gasteiger partial charge < -0.3 is 10.5 Å². The minimum atomic E-state index is 0.592. The lowest BCUT2D eigenvalue weighted by atomic mass is 10.1. The first kappa shape index (κ1) is 11.5. The van der Waals surface area contributed by atoms with Gasteiger partial charge in [0.2, 0.25) is 0 Å². The Bertz CT molecular complexity index is 740. The maximum atomic E-state index is 6.13. The fourth-order valence-electron chi connectivity index (χ4n) is 1.94. The highest BCUT2D eigenvalue weighted by Crippen LogP contribution is 2.33. The molecule has 0 amide bonds. The summed E-state index contributed by atoms with van der Waals surface area (Å²) in [6.45, 7) is 1.90. The largest absolute Gasteiger partial charge is 0.453 e. The molecule has 0 bridgehead atoms. The standard InChI is InChI=1S/C15H13N3O/c1-10-13(5-3-8-17-10)19-14-7-6-12-11(15(14)16)4-2-9-18-12/h2-9H,16H2,1H3. The molecule has 0 atom stereocenters. The zero-order valence-electron chi connectivity index (χ0n) is 10.5. The van der Waals surface area contributed by atoms with E-state index in [9.17, 15) is 0 Å². The van der Waals surface area contributed by atoms with Gasteiger partial charge in [0.05, 0.1) is 16.9 Å². The number of aryl methyl sites for hydroxylation is 1. The normalized spacial score (nSPS) is 10.6. The van der Waals surface area contributed by atoms with Crippen LogP contribution in [0.4, 0.5) is 5.69 Å². The Morgan fingerprint density at radius 2 is 1.74 bits per heavy atom. The summed E-state index contributed by atoms with van der Waals surface area (Å²) in [6.07, 6.45) is 3.48. The van der Waals surface area contributed by atoms with Crippen LogP contribution in [0.25, 0.3) is 10.9 Å².